The highest BCUT2D eigenvalue weighted by Gasteiger charge is 2.17. The summed E-state index contributed by atoms with van der Waals surface area (Å²) in [5, 5.41) is 0.931. The number of fused-ring (bicyclic) bond motifs is 1. The van der Waals surface area contributed by atoms with Crippen LogP contribution in [0.3, 0.4) is 0 Å². The molecule has 1 aromatic carbocycles. The summed E-state index contributed by atoms with van der Waals surface area (Å²) in [6, 6.07) is 7.89. The van der Waals surface area contributed by atoms with Crippen molar-refractivity contribution in [1.29, 1.82) is 0 Å². The van der Waals surface area contributed by atoms with Crippen LogP contribution in [0.2, 0.25) is 0 Å². The van der Waals surface area contributed by atoms with E-state index in [9.17, 15) is 4.79 Å². The van der Waals surface area contributed by atoms with Crippen molar-refractivity contribution in [3.8, 4) is 5.75 Å². The van der Waals surface area contributed by atoms with Crippen LogP contribution in [-0.2, 0) is 9.53 Å². The molecule has 0 saturated carbocycles. The molecule has 2 aromatic rings. The molecule has 1 aliphatic rings. The van der Waals surface area contributed by atoms with Gasteiger partial charge in [-0.1, -0.05) is 42.5 Å². The molecule has 2 heterocycles. The molecule has 0 amide bonds. The minimum atomic E-state index is -0.335. The molecule has 0 atom stereocenters. The highest BCUT2D eigenvalue weighted by atomic mass is 32.1. The Labute approximate surface area is 144 Å². The fourth-order valence-corrected chi connectivity index (χ4v) is 3.40. The number of rotatable bonds is 2. The Bertz CT molecular complexity index is 895. The Morgan fingerprint density at radius 2 is 1.83 bits per heavy atom. The summed E-state index contributed by atoms with van der Waals surface area (Å²) in [6.45, 7) is 1.41. The number of thiophene rings is 1. The molecule has 1 aliphatic heterocycles. The van der Waals surface area contributed by atoms with Crippen LogP contribution in [0.5, 0.6) is 5.75 Å². The first kappa shape index (κ1) is 16.0. The Morgan fingerprint density at radius 1 is 1.04 bits per heavy atom. The third kappa shape index (κ3) is 3.73. The molecule has 120 valence electrons. The Hall–Kier alpha value is -2.85. The molecule has 0 spiro atoms. The van der Waals surface area contributed by atoms with Gasteiger partial charge in [0.25, 0.3) is 0 Å². The van der Waals surface area contributed by atoms with E-state index in [-0.39, 0.29) is 5.97 Å². The third-order valence-electron chi connectivity index (χ3n) is 3.26. The Balaban J connectivity index is 2.13. The van der Waals surface area contributed by atoms with Gasteiger partial charge in [-0.05, 0) is 29.9 Å². The zero-order valence-corrected chi connectivity index (χ0v) is 14.0. The van der Waals surface area contributed by atoms with Gasteiger partial charge in [0, 0.05) is 17.0 Å². The standard InChI is InChI=1S/C20H16O3S/c1-15(21)23-19-17-10-6-7-11-18(17)24-20(19)16-9-5-3-2-4-8-13-22-14-12-16/h2-14H,1H3. The van der Waals surface area contributed by atoms with E-state index in [1.807, 2.05) is 66.8 Å². The molecule has 0 N–H and O–H groups in total. The van der Waals surface area contributed by atoms with Crippen LogP contribution >= 0.6 is 11.3 Å². The van der Waals surface area contributed by atoms with Crippen molar-refractivity contribution in [2.24, 2.45) is 0 Å². The fraction of sp³-hybridized carbons (Fsp3) is 0.0500. The Kier molecular flexibility index (Phi) is 5.08. The van der Waals surface area contributed by atoms with Gasteiger partial charge in [0.1, 0.15) is 0 Å². The average molecular weight is 336 g/mol. The number of hydrogen-bond acceptors (Lipinski definition) is 4. The van der Waals surface area contributed by atoms with Gasteiger partial charge < -0.3 is 9.47 Å². The molecule has 0 bridgehead atoms. The van der Waals surface area contributed by atoms with Crippen molar-refractivity contribution in [3.63, 3.8) is 0 Å². The smallest absolute Gasteiger partial charge is 0.308 e. The van der Waals surface area contributed by atoms with Gasteiger partial charge in [0.15, 0.2) is 5.75 Å². The average Bonchev–Trinajstić information content (AvgIpc) is 2.89. The van der Waals surface area contributed by atoms with Crippen LogP contribution in [0.15, 0.2) is 79.3 Å². The number of benzene rings is 1. The summed E-state index contributed by atoms with van der Waals surface area (Å²) in [4.78, 5) is 12.4. The number of ether oxygens (including phenoxy) is 2. The molecule has 4 heteroatoms. The van der Waals surface area contributed by atoms with Crippen LogP contribution in [0, 0.1) is 0 Å². The lowest BCUT2D eigenvalue weighted by atomic mass is 10.1. The summed E-state index contributed by atoms with van der Waals surface area (Å²) < 4.78 is 11.9. The van der Waals surface area contributed by atoms with Gasteiger partial charge in [-0.25, -0.2) is 0 Å². The maximum atomic E-state index is 11.5. The van der Waals surface area contributed by atoms with E-state index in [1.54, 1.807) is 23.9 Å². The number of allylic oxidation sites excluding steroid dienone is 8. The van der Waals surface area contributed by atoms with Gasteiger partial charge in [0.2, 0.25) is 0 Å². The number of hydrogen-bond donors (Lipinski definition) is 0. The van der Waals surface area contributed by atoms with Crippen LogP contribution in [0.1, 0.15) is 11.8 Å². The minimum absolute atomic E-state index is 0.335. The maximum absolute atomic E-state index is 11.5. The van der Waals surface area contributed by atoms with Crippen LogP contribution in [0.4, 0.5) is 0 Å². The van der Waals surface area contributed by atoms with Crippen molar-refractivity contribution in [3.05, 3.63) is 84.2 Å². The highest BCUT2D eigenvalue weighted by Crippen LogP contribution is 2.42. The lowest BCUT2D eigenvalue weighted by Crippen LogP contribution is -2.02. The fourth-order valence-electron chi connectivity index (χ4n) is 2.26. The zero-order chi connectivity index (χ0) is 16.8. The highest BCUT2D eigenvalue weighted by molar-refractivity contribution is 7.20. The molecule has 0 aliphatic carbocycles. The van der Waals surface area contributed by atoms with Gasteiger partial charge in [-0.15, -0.1) is 11.3 Å². The first-order chi connectivity index (χ1) is 11.8. The van der Waals surface area contributed by atoms with Gasteiger partial charge in [-0.2, -0.15) is 0 Å². The molecule has 0 radical (unpaired) electrons. The summed E-state index contributed by atoms with van der Waals surface area (Å²) >= 11 is 1.58. The normalized spacial score (nSPS) is 14.1. The van der Waals surface area contributed by atoms with Crippen molar-refractivity contribution in [2.45, 2.75) is 6.92 Å². The van der Waals surface area contributed by atoms with Crippen molar-refractivity contribution in [1.82, 2.24) is 0 Å². The van der Waals surface area contributed by atoms with Crippen molar-refractivity contribution in [2.75, 3.05) is 0 Å². The van der Waals surface area contributed by atoms with Crippen LogP contribution < -0.4 is 4.74 Å². The predicted octanol–water partition coefficient (Wildman–Crippen LogP) is 5.38. The van der Waals surface area contributed by atoms with Gasteiger partial charge >= 0.3 is 5.97 Å². The number of carbonyl (C=O) groups is 1. The van der Waals surface area contributed by atoms with E-state index in [4.69, 9.17) is 9.47 Å². The van der Waals surface area contributed by atoms with Crippen LogP contribution in [0.25, 0.3) is 15.7 Å². The quantitative estimate of drug-likeness (QED) is 0.691. The molecular formula is C20H16O3S. The van der Waals surface area contributed by atoms with E-state index in [0.717, 1.165) is 20.5 Å². The number of esters is 1. The van der Waals surface area contributed by atoms with E-state index >= 15 is 0 Å². The zero-order valence-electron chi connectivity index (χ0n) is 13.1. The second-order valence-corrected chi connectivity index (χ2v) is 6.06. The molecule has 3 rings (SSSR count). The first-order valence-corrected chi connectivity index (χ1v) is 8.30. The predicted molar refractivity (Wildman–Crippen MR) is 98.8 cm³/mol. The lowest BCUT2D eigenvalue weighted by Gasteiger charge is -2.05. The summed E-state index contributed by atoms with van der Waals surface area (Å²) in [5.74, 6) is 0.257. The molecule has 3 nitrogen and oxygen atoms in total. The molecule has 0 saturated heterocycles. The van der Waals surface area contributed by atoms with E-state index in [1.165, 1.54) is 6.92 Å². The van der Waals surface area contributed by atoms with Crippen LogP contribution in [-0.4, -0.2) is 5.97 Å². The lowest BCUT2D eigenvalue weighted by molar-refractivity contribution is -0.131. The molecule has 0 unspecified atom stereocenters. The second kappa shape index (κ2) is 7.62. The monoisotopic (exact) mass is 336 g/mol. The molecule has 24 heavy (non-hydrogen) atoms. The third-order valence-corrected chi connectivity index (χ3v) is 4.46. The summed E-state index contributed by atoms with van der Waals surface area (Å²) in [6.07, 6.45) is 16.5. The largest absolute Gasteiger partial charge is 0.473 e. The Morgan fingerprint density at radius 3 is 2.71 bits per heavy atom. The van der Waals surface area contributed by atoms with Gasteiger partial charge in [0.05, 0.1) is 17.4 Å². The summed E-state index contributed by atoms with van der Waals surface area (Å²) in [7, 11) is 0. The first-order valence-electron chi connectivity index (χ1n) is 7.48. The van der Waals surface area contributed by atoms with E-state index in [0.29, 0.717) is 5.75 Å². The SMILES string of the molecule is CC(=O)Oc1c(C2=CC=CC=CC=COC=C2)sc2ccccc12. The maximum Gasteiger partial charge on any atom is 0.308 e. The van der Waals surface area contributed by atoms with Crippen molar-refractivity contribution < 1.29 is 14.3 Å². The number of carbonyl (C=O) groups excluding carboxylic acids is 1. The summed E-state index contributed by atoms with van der Waals surface area (Å²) in [5.41, 5.74) is 0.910. The van der Waals surface area contributed by atoms with Crippen molar-refractivity contribution >= 4 is 33.0 Å². The minimum Gasteiger partial charge on any atom is -0.473 e. The second-order valence-electron chi connectivity index (χ2n) is 5.01. The molecule has 0 fully saturated rings. The molecule has 1 aromatic heterocycles. The van der Waals surface area contributed by atoms with E-state index in [2.05, 4.69) is 0 Å². The molecular weight excluding hydrogens is 320 g/mol. The van der Waals surface area contributed by atoms with E-state index < -0.39 is 0 Å². The topological polar surface area (TPSA) is 35.5 Å². The van der Waals surface area contributed by atoms with Gasteiger partial charge in [-0.3, -0.25) is 4.79 Å².